The number of hydrogen-bond donors (Lipinski definition) is 2. The summed E-state index contributed by atoms with van der Waals surface area (Å²) in [5.74, 6) is -0.376. The number of carbonyl (C=O) groups excluding carboxylic acids is 1. The van der Waals surface area contributed by atoms with Crippen LogP contribution >= 0.6 is 0 Å². The van der Waals surface area contributed by atoms with E-state index in [2.05, 4.69) is 17.3 Å². The van der Waals surface area contributed by atoms with Crippen molar-refractivity contribution in [1.29, 1.82) is 0 Å². The molecule has 1 aromatic carbocycles. The molecule has 0 aliphatic heterocycles. The van der Waals surface area contributed by atoms with Gasteiger partial charge in [-0.05, 0) is 51.3 Å². The zero-order valence-corrected chi connectivity index (χ0v) is 10.6. The summed E-state index contributed by atoms with van der Waals surface area (Å²) in [5.41, 5.74) is 6.95. The van der Waals surface area contributed by atoms with E-state index in [1.165, 1.54) is 5.56 Å². The Hall–Kier alpha value is -1.39. The fourth-order valence-corrected chi connectivity index (χ4v) is 1.69. The number of nitrogens with two attached hydrogens (primary N) is 1. The number of nitrogens with zero attached hydrogens (tertiary/aromatic N) is 1. The fourth-order valence-electron chi connectivity index (χ4n) is 1.69. The number of rotatable bonds is 7. The minimum Gasteiger partial charge on any atom is -0.366 e. The number of hydrogen-bond acceptors (Lipinski definition) is 3. The molecule has 0 aromatic heterocycles. The second kappa shape index (κ2) is 7.04. The highest BCUT2D eigenvalue weighted by atomic mass is 16.1. The van der Waals surface area contributed by atoms with Crippen molar-refractivity contribution in [2.45, 2.75) is 13.0 Å². The highest BCUT2D eigenvalue weighted by Gasteiger charge is 2.02. The van der Waals surface area contributed by atoms with Crippen molar-refractivity contribution in [3.05, 3.63) is 35.4 Å². The molecule has 0 atom stereocenters. The first-order valence-corrected chi connectivity index (χ1v) is 5.85. The zero-order valence-electron chi connectivity index (χ0n) is 10.6. The van der Waals surface area contributed by atoms with Gasteiger partial charge in [-0.1, -0.05) is 12.1 Å². The minimum absolute atomic E-state index is 0.376. The summed E-state index contributed by atoms with van der Waals surface area (Å²) in [6.45, 7) is 2.98. The summed E-state index contributed by atoms with van der Waals surface area (Å²) in [6.07, 6.45) is 1.13. The molecule has 0 bridgehead atoms. The molecule has 0 saturated carbocycles. The summed E-state index contributed by atoms with van der Waals surface area (Å²) >= 11 is 0. The third-order valence-electron chi connectivity index (χ3n) is 2.66. The molecule has 3 N–H and O–H groups in total. The van der Waals surface area contributed by atoms with Crippen molar-refractivity contribution in [2.24, 2.45) is 5.73 Å². The van der Waals surface area contributed by atoms with Crippen LogP contribution in [0.1, 0.15) is 22.3 Å². The lowest BCUT2D eigenvalue weighted by Crippen LogP contribution is -2.22. The molecule has 0 aliphatic carbocycles. The van der Waals surface area contributed by atoms with Crippen molar-refractivity contribution in [1.82, 2.24) is 10.2 Å². The molecule has 0 radical (unpaired) electrons. The molecular weight excluding hydrogens is 214 g/mol. The third-order valence-corrected chi connectivity index (χ3v) is 2.66. The second-order valence-corrected chi connectivity index (χ2v) is 4.26. The highest BCUT2D eigenvalue weighted by molar-refractivity contribution is 5.92. The van der Waals surface area contributed by atoms with E-state index in [1.54, 1.807) is 12.1 Å². The van der Waals surface area contributed by atoms with Crippen molar-refractivity contribution in [2.75, 3.05) is 27.2 Å². The first-order valence-electron chi connectivity index (χ1n) is 5.85. The van der Waals surface area contributed by atoms with Gasteiger partial charge in [0.05, 0.1) is 0 Å². The van der Waals surface area contributed by atoms with E-state index in [4.69, 9.17) is 5.73 Å². The Balaban J connectivity index is 2.43. The largest absolute Gasteiger partial charge is 0.366 e. The van der Waals surface area contributed by atoms with E-state index in [1.807, 2.05) is 19.2 Å². The first-order chi connectivity index (χ1) is 8.13. The van der Waals surface area contributed by atoms with Crippen molar-refractivity contribution < 1.29 is 4.79 Å². The Kier molecular flexibility index (Phi) is 5.66. The van der Waals surface area contributed by atoms with E-state index in [0.717, 1.165) is 26.1 Å². The molecule has 4 heteroatoms. The summed E-state index contributed by atoms with van der Waals surface area (Å²) < 4.78 is 0. The van der Waals surface area contributed by atoms with Gasteiger partial charge in [-0.15, -0.1) is 0 Å². The highest BCUT2D eigenvalue weighted by Crippen LogP contribution is 2.06. The molecule has 94 valence electrons. The van der Waals surface area contributed by atoms with Gasteiger partial charge >= 0.3 is 0 Å². The lowest BCUT2D eigenvalue weighted by atomic mass is 10.1. The number of primary amides is 1. The van der Waals surface area contributed by atoms with Crippen molar-refractivity contribution in [3.63, 3.8) is 0 Å². The van der Waals surface area contributed by atoms with Crippen LogP contribution in [0.5, 0.6) is 0 Å². The Labute approximate surface area is 103 Å². The second-order valence-electron chi connectivity index (χ2n) is 4.26. The molecule has 0 saturated heterocycles. The fraction of sp³-hybridized carbons (Fsp3) is 0.462. The Morgan fingerprint density at radius 1 is 1.35 bits per heavy atom. The first kappa shape index (κ1) is 13.7. The van der Waals surface area contributed by atoms with Crippen LogP contribution in [0.25, 0.3) is 0 Å². The van der Waals surface area contributed by atoms with Crippen LogP contribution in [0.3, 0.4) is 0 Å². The summed E-state index contributed by atoms with van der Waals surface area (Å²) in [6, 6.07) is 7.46. The van der Waals surface area contributed by atoms with Gasteiger partial charge in [0, 0.05) is 12.1 Å². The third kappa shape index (κ3) is 4.97. The van der Waals surface area contributed by atoms with Gasteiger partial charge in [-0.25, -0.2) is 0 Å². The van der Waals surface area contributed by atoms with Crippen LogP contribution in [0.2, 0.25) is 0 Å². The van der Waals surface area contributed by atoms with Gasteiger partial charge in [0.15, 0.2) is 0 Å². The lowest BCUT2D eigenvalue weighted by molar-refractivity contribution is 0.100. The number of amides is 1. The van der Waals surface area contributed by atoms with Crippen LogP contribution in [-0.2, 0) is 6.54 Å². The number of carbonyl (C=O) groups is 1. The lowest BCUT2D eigenvalue weighted by Gasteiger charge is -2.16. The smallest absolute Gasteiger partial charge is 0.248 e. The SMILES string of the molecule is CNCCCN(C)Cc1ccc(C(N)=O)cc1. The maximum Gasteiger partial charge on any atom is 0.248 e. The van der Waals surface area contributed by atoms with E-state index >= 15 is 0 Å². The zero-order chi connectivity index (χ0) is 12.7. The Morgan fingerprint density at radius 3 is 2.53 bits per heavy atom. The molecule has 0 fully saturated rings. The quantitative estimate of drug-likeness (QED) is 0.688. The Morgan fingerprint density at radius 2 is 2.00 bits per heavy atom. The van der Waals surface area contributed by atoms with Gasteiger partial charge in [-0.2, -0.15) is 0 Å². The molecule has 0 heterocycles. The van der Waals surface area contributed by atoms with Gasteiger partial charge < -0.3 is 16.0 Å². The average molecular weight is 235 g/mol. The molecular formula is C13H21N3O. The molecule has 17 heavy (non-hydrogen) atoms. The molecule has 0 spiro atoms. The standard InChI is InChI=1S/C13H21N3O/c1-15-8-3-9-16(2)10-11-4-6-12(7-5-11)13(14)17/h4-7,15H,3,8-10H2,1-2H3,(H2,14,17). The van der Waals surface area contributed by atoms with E-state index in [-0.39, 0.29) is 5.91 Å². The summed E-state index contributed by atoms with van der Waals surface area (Å²) in [4.78, 5) is 13.2. The van der Waals surface area contributed by atoms with Crippen molar-refractivity contribution in [3.8, 4) is 0 Å². The summed E-state index contributed by atoms with van der Waals surface area (Å²) in [5, 5.41) is 3.13. The predicted octanol–water partition coefficient (Wildman–Crippen LogP) is 0.827. The summed E-state index contributed by atoms with van der Waals surface area (Å²) in [7, 11) is 4.06. The maximum absolute atomic E-state index is 10.9. The number of benzene rings is 1. The van der Waals surface area contributed by atoms with Gasteiger partial charge in [0.2, 0.25) is 5.91 Å². The average Bonchev–Trinajstić information content (AvgIpc) is 2.30. The minimum atomic E-state index is -0.376. The number of nitrogens with one attached hydrogen (secondary N) is 1. The van der Waals surface area contributed by atoms with E-state index in [0.29, 0.717) is 5.56 Å². The molecule has 1 rings (SSSR count). The topological polar surface area (TPSA) is 58.4 Å². The molecule has 1 aromatic rings. The van der Waals surface area contributed by atoms with Crippen LogP contribution in [0.4, 0.5) is 0 Å². The van der Waals surface area contributed by atoms with Crippen LogP contribution in [-0.4, -0.2) is 38.0 Å². The van der Waals surface area contributed by atoms with Gasteiger partial charge in [-0.3, -0.25) is 4.79 Å². The molecule has 4 nitrogen and oxygen atoms in total. The predicted molar refractivity (Wildman–Crippen MR) is 69.8 cm³/mol. The van der Waals surface area contributed by atoms with Gasteiger partial charge in [0.25, 0.3) is 0 Å². The van der Waals surface area contributed by atoms with Gasteiger partial charge in [0.1, 0.15) is 0 Å². The van der Waals surface area contributed by atoms with Crippen LogP contribution in [0, 0.1) is 0 Å². The molecule has 0 unspecified atom stereocenters. The van der Waals surface area contributed by atoms with Crippen molar-refractivity contribution >= 4 is 5.91 Å². The normalized spacial score (nSPS) is 10.8. The van der Waals surface area contributed by atoms with Crippen LogP contribution < -0.4 is 11.1 Å². The van der Waals surface area contributed by atoms with E-state index < -0.39 is 0 Å². The van der Waals surface area contributed by atoms with Crippen LogP contribution in [0.15, 0.2) is 24.3 Å². The van der Waals surface area contributed by atoms with E-state index in [9.17, 15) is 4.79 Å². The maximum atomic E-state index is 10.9. The molecule has 1 amide bonds. The Bertz CT molecular complexity index is 348. The monoisotopic (exact) mass is 235 g/mol. The molecule has 0 aliphatic rings.